The minimum atomic E-state index is 0.584. The third-order valence-electron chi connectivity index (χ3n) is 4.03. The van der Waals surface area contributed by atoms with E-state index in [1.165, 1.54) is 12.8 Å². The zero-order chi connectivity index (χ0) is 14.4. The van der Waals surface area contributed by atoms with Crippen LogP contribution in [0.25, 0.3) is 11.0 Å². The van der Waals surface area contributed by atoms with Crippen LogP contribution in [0.2, 0.25) is 5.02 Å². The third-order valence-corrected chi connectivity index (χ3v) is 4.40. The summed E-state index contributed by atoms with van der Waals surface area (Å²) >= 11 is 6.31. The van der Waals surface area contributed by atoms with Gasteiger partial charge in [-0.05, 0) is 42.7 Å². The fraction of sp³-hybridized carbons (Fsp3) is 0.235. The summed E-state index contributed by atoms with van der Waals surface area (Å²) in [4.78, 5) is 4.80. The summed E-state index contributed by atoms with van der Waals surface area (Å²) in [5.41, 5.74) is 9.87. The highest BCUT2D eigenvalue weighted by Crippen LogP contribution is 2.41. The Balaban J connectivity index is 1.86. The lowest BCUT2D eigenvalue weighted by Gasteiger charge is -2.10. The van der Waals surface area contributed by atoms with Crippen LogP contribution >= 0.6 is 11.6 Å². The molecule has 0 radical (unpaired) electrons. The highest BCUT2D eigenvalue weighted by Gasteiger charge is 2.29. The molecule has 1 fully saturated rings. The maximum absolute atomic E-state index is 6.31. The van der Waals surface area contributed by atoms with Crippen LogP contribution < -0.4 is 5.73 Å². The van der Waals surface area contributed by atoms with E-state index in [9.17, 15) is 0 Å². The maximum Gasteiger partial charge on any atom is 0.113 e. The van der Waals surface area contributed by atoms with Crippen molar-refractivity contribution in [3.63, 3.8) is 0 Å². The Bertz CT molecular complexity index is 818. The molecule has 3 aromatic rings. The molecule has 0 bridgehead atoms. The minimum Gasteiger partial charge on any atom is -0.399 e. The lowest BCUT2D eigenvalue weighted by Crippen LogP contribution is -2.04. The molecule has 0 spiro atoms. The Kier molecular flexibility index (Phi) is 2.89. The van der Waals surface area contributed by atoms with E-state index in [2.05, 4.69) is 16.7 Å². The molecule has 4 rings (SSSR count). The average molecular weight is 298 g/mol. The zero-order valence-electron chi connectivity index (χ0n) is 11.6. The molecule has 0 aliphatic heterocycles. The van der Waals surface area contributed by atoms with Crippen LogP contribution in [-0.4, -0.2) is 9.55 Å². The van der Waals surface area contributed by atoms with Gasteiger partial charge in [0.1, 0.15) is 5.82 Å². The summed E-state index contributed by atoms with van der Waals surface area (Å²) in [7, 11) is 0. The normalized spacial score (nSPS) is 14.7. The molecule has 1 heterocycles. The molecule has 4 heteroatoms. The van der Waals surface area contributed by atoms with Gasteiger partial charge in [-0.1, -0.05) is 29.8 Å². The van der Waals surface area contributed by atoms with E-state index >= 15 is 0 Å². The Hall–Kier alpha value is -2.00. The Morgan fingerprint density at radius 1 is 1.19 bits per heavy atom. The molecule has 0 unspecified atom stereocenters. The van der Waals surface area contributed by atoms with E-state index in [4.69, 9.17) is 22.3 Å². The maximum atomic E-state index is 6.31. The number of rotatable bonds is 3. The molecule has 0 saturated heterocycles. The van der Waals surface area contributed by atoms with Gasteiger partial charge in [-0.25, -0.2) is 4.98 Å². The van der Waals surface area contributed by atoms with Crippen LogP contribution in [0.5, 0.6) is 0 Å². The number of aromatic nitrogens is 2. The van der Waals surface area contributed by atoms with Gasteiger partial charge in [0.05, 0.1) is 17.6 Å². The van der Waals surface area contributed by atoms with Gasteiger partial charge in [0.15, 0.2) is 0 Å². The summed E-state index contributed by atoms with van der Waals surface area (Å²) in [6.07, 6.45) is 2.45. The van der Waals surface area contributed by atoms with Crippen LogP contribution in [0.4, 0.5) is 5.69 Å². The van der Waals surface area contributed by atoms with Crippen LogP contribution in [-0.2, 0) is 6.54 Å². The molecule has 1 aliphatic carbocycles. The summed E-state index contributed by atoms with van der Waals surface area (Å²) in [6, 6.07) is 13.9. The quantitative estimate of drug-likeness (QED) is 0.736. The number of anilines is 1. The molecule has 21 heavy (non-hydrogen) atoms. The van der Waals surface area contributed by atoms with Gasteiger partial charge in [-0.15, -0.1) is 0 Å². The first-order valence-corrected chi connectivity index (χ1v) is 7.59. The largest absolute Gasteiger partial charge is 0.399 e. The average Bonchev–Trinajstić information content (AvgIpc) is 3.25. The van der Waals surface area contributed by atoms with E-state index in [0.29, 0.717) is 5.92 Å². The molecule has 1 aromatic heterocycles. The molecule has 2 N–H and O–H groups in total. The number of nitrogen functional groups attached to an aromatic ring is 1. The van der Waals surface area contributed by atoms with Crippen molar-refractivity contribution in [3.8, 4) is 0 Å². The van der Waals surface area contributed by atoms with E-state index in [1.807, 2.05) is 30.3 Å². The second-order valence-corrected chi connectivity index (χ2v) is 6.08. The van der Waals surface area contributed by atoms with Gasteiger partial charge in [0.2, 0.25) is 0 Å². The first kappa shape index (κ1) is 12.7. The molecule has 3 nitrogen and oxygen atoms in total. The van der Waals surface area contributed by atoms with Crippen molar-refractivity contribution in [2.45, 2.75) is 25.3 Å². The SMILES string of the molecule is Nc1ccc2c(c1)nc(C1CC1)n2Cc1ccccc1Cl. The summed E-state index contributed by atoms with van der Waals surface area (Å²) in [5.74, 6) is 1.75. The van der Waals surface area contributed by atoms with Crippen LogP contribution in [0.15, 0.2) is 42.5 Å². The summed E-state index contributed by atoms with van der Waals surface area (Å²) in [5, 5.41) is 0.802. The van der Waals surface area contributed by atoms with Crippen LogP contribution in [0.1, 0.15) is 30.1 Å². The lowest BCUT2D eigenvalue weighted by molar-refractivity contribution is 0.747. The van der Waals surface area contributed by atoms with Crippen molar-refractivity contribution < 1.29 is 0 Å². The van der Waals surface area contributed by atoms with E-state index in [1.54, 1.807) is 0 Å². The second kappa shape index (κ2) is 4.78. The third kappa shape index (κ3) is 2.28. The molecular formula is C17H16ClN3. The molecule has 0 atom stereocenters. The topological polar surface area (TPSA) is 43.8 Å². The first-order valence-electron chi connectivity index (χ1n) is 7.21. The van der Waals surface area contributed by atoms with Crippen molar-refractivity contribution >= 4 is 28.3 Å². The number of hydrogen-bond donors (Lipinski definition) is 1. The Labute approximate surface area is 128 Å². The van der Waals surface area contributed by atoms with Gasteiger partial charge in [0, 0.05) is 16.6 Å². The van der Waals surface area contributed by atoms with Gasteiger partial charge in [-0.3, -0.25) is 0 Å². The van der Waals surface area contributed by atoms with Crippen molar-refractivity contribution in [3.05, 3.63) is 58.9 Å². The Morgan fingerprint density at radius 2 is 2.00 bits per heavy atom. The molecule has 1 saturated carbocycles. The van der Waals surface area contributed by atoms with Gasteiger partial charge in [0.25, 0.3) is 0 Å². The predicted molar refractivity (Wildman–Crippen MR) is 86.7 cm³/mol. The van der Waals surface area contributed by atoms with Crippen molar-refractivity contribution in [1.82, 2.24) is 9.55 Å². The monoisotopic (exact) mass is 297 g/mol. The molecule has 0 amide bonds. The Morgan fingerprint density at radius 3 is 2.76 bits per heavy atom. The molecule has 1 aliphatic rings. The van der Waals surface area contributed by atoms with E-state index in [-0.39, 0.29) is 0 Å². The first-order chi connectivity index (χ1) is 10.2. The summed E-state index contributed by atoms with van der Waals surface area (Å²) < 4.78 is 2.29. The van der Waals surface area contributed by atoms with Crippen LogP contribution in [0, 0.1) is 0 Å². The molecular weight excluding hydrogens is 282 g/mol. The standard InChI is InChI=1S/C17H16ClN3/c18-14-4-2-1-3-12(14)10-21-16-8-7-13(19)9-15(16)20-17(21)11-5-6-11/h1-4,7-9,11H,5-6,10,19H2. The number of nitrogens with two attached hydrogens (primary N) is 1. The van der Waals surface area contributed by atoms with Gasteiger partial charge >= 0.3 is 0 Å². The van der Waals surface area contributed by atoms with Crippen molar-refractivity contribution in [2.75, 3.05) is 5.73 Å². The number of nitrogens with zero attached hydrogens (tertiary/aromatic N) is 2. The number of fused-ring (bicyclic) bond motifs is 1. The smallest absolute Gasteiger partial charge is 0.113 e. The summed E-state index contributed by atoms with van der Waals surface area (Å²) in [6.45, 7) is 0.756. The number of imidazole rings is 1. The van der Waals surface area contributed by atoms with Crippen LogP contribution in [0.3, 0.4) is 0 Å². The van der Waals surface area contributed by atoms with Gasteiger partial charge < -0.3 is 10.3 Å². The lowest BCUT2D eigenvalue weighted by atomic mass is 10.2. The molecule has 106 valence electrons. The minimum absolute atomic E-state index is 0.584. The highest BCUT2D eigenvalue weighted by atomic mass is 35.5. The second-order valence-electron chi connectivity index (χ2n) is 5.67. The predicted octanol–water partition coefficient (Wildman–Crippen LogP) is 4.20. The highest BCUT2D eigenvalue weighted by molar-refractivity contribution is 6.31. The number of benzene rings is 2. The number of hydrogen-bond acceptors (Lipinski definition) is 2. The number of halogens is 1. The fourth-order valence-corrected chi connectivity index (χ4v) is 2.98. The zero-order valence-corrected chi connectivity index (χ0v) is 12.3. The van der Waals surface area contributed by atoms with E-state index < -0.39 is 0 Å². The fourth-order valence-electron chi connectivity index (χ4n) is 2.78. The van der Waals surface area contributed by atoms with Gasteiger partial charge in [-0.2, -0.15) is 0 Å². The molecule has 2 aromatic carbocycles. The van der Waals surface area contributed by atoms with Crippen molar-refractivity contribution in [2.24, 2.45) is 0 Å². The van der Waals surface area contributed by atoms with Crippen molar-refractivity contribution in [1.29, 1.82) is 0 Å². The van der Waals surface area contributed by atoms with E-state index in [0.717, 1.165) is 39.7 Å².